The average molecular weight is 148 g/mol. The molecule has 54 valence electrons. The van der Waals surface area contributed by atoms with Crippen LogP contribution in [0.4, 0.5) is 0 Å². The molecule has 0 bridgehead atoms. The van der Waals surface area contributed by atoms with Gasteiger partial charge in [0.1, 0.15) is 0 Å². The van der Waals surface area contributed by atoms with Crippen LogP contribution in [0.1, 0.15) is 26.2 Å². The molecule has 0 aromatic carbocycles. The van der Waals surface area contributed by atoms with Crippen LogP contribution in [0.2, 0.25) is 0 Å². The number of rotatable bonds is 0. The molecule has 2 heteroatoms. The first-order valence-electron chi connectivity index (χ1n) is 3.56. The average Bonchev–Trinajstić information content (AvgIpc) is 2.39. The minimum absolute atomic E-state index is 0. The van der Waals surface area contributed by atoms with E-state index >= 15 is 0 Å². The lowest BCUT2D eigenvalue weighted by Crippen LogP contribution is -2.34. The summed E-state index contributed by atoms with van der Waals surface area (Å²) in [5.41, 5.74) is 0.595. The Morgan fingerprint density at radius 2 is 2.33 bits per heavy atom. The first kappa shape index (κ1) is 7.36. The molecule has 1 aliphatic heterocycles. The van der Waals surface area contributed by atoms with E-state index in [0.29, 0.717) is 5.54 Å². The lowest BCUT2D eigenvalue weighted by molar-refractivity contribution is 0.410. The zero-order valence-corrected chi connectivity index (χ0v) is 6.63. The van der Waals surface area contributed by atoms with Crippen LogP contribution in [-0.2, 0) is 0 Å². The summed E-state index contributed by atoms with van der Waals surface area (Å²) in [6, 6.07) is 0. The molecule has 2 aliphatic rings. The second-order valence-corrected chi connectivity index (χ2v) is 3.39. The summed E-state index contributed by atoms with van der Waals surface area (Å²) in [5.74, 6) is 1.04. The molecule has 1 saturated carbocycles. The molecule has 2 atom stereocenters. The van der Waals surface area contributed by atoms with Crippen LogP contribution >= 0.6 is 12.4 Å². The van der Waals surface area contributed by atoms with Gasteiger partial charge < -0.3 is 5.32 Å². The minimum atomic E-state index is 0. The van der Waals surface area contributed by atoms with E-state index in [9.17, 15) is 0 Å². The molecule has 1 nitrogen and oxygen atoms in total. The normalized spacial score (nSPS) is 47.0. The van der Waals surface area contributed by atoms with Gasteiger partial charge in [-0.2, -0.15) is 0 Å². The van der Waals surface area contributed by atoms with Crippen LogP contribution < -0.4 is 5.32 Å². The SMILES string of the molecule is C[C@@]12C[C@@H]1CCCN2.Cl. The molecule has 1 N–H and O–H groups in total. The first-order chi connectivity index (χ1) is 3.81. The third-order valence-corrected chi connectivity index (χ3v) is 2.67. The third-order valence-electron chi connectivity index (χ3n) is 2.67. The zero-order chi connectivity index (χ0) is 5.61. The summed E-state index contributed by atoms with van der Waals surface area (Å²) >= 11 is 0. The van der Waals surface area contributed by atoms with E-state index in [-0.39, 0.29) is 12.4 Å². The molecule has 0 aromatic rings. The van der Waals surface area contributed by atoms with Crippen molar-refractivity contribution in [3.8, 4) is 0 Å². The monoisotopic (exact) mass is 147 g/mol. The highest BCUT2D eigenvalue weighted by Gasteiger charge is 2.50. The van der Waals surface area contributed by atoms with Crippen molar-refractivity contribution >= 4 is 12.4 Å². The van der Waals surface area contributed by atoms with Gasteiger partial charge in [-0.05, 0) is 38.6 Å². The lowest BCUT2D eigenvalue weighted by Gasteiger charge is -2.18. The third kappa shape index (κ3) is 1.08. The van der Waals surface area contributed by atoms with Crippen LogP contribution in [0, 0.1) is 5.92 Å². The molecule has 1 saturated heterocycles. The molecular weight excluding hydrogens is 134 g/mol. The fourth-order valence-electron chi connectivity index (χ4n) is 1.81. The molecule has 0 aromatic heterocycles. The van der Waals surface area contributed by atoms with Gasteiger partial charge in [0.2, 0.25) is 0 Å². The van der Waals surface area contributed by atoms with Gasteiger partial charge in [0.25, 0.3) is 0 Å². The van der Waals surface area contributed by atoms with Crippen molar-refractivity contribution in [1.29, 1.82) is 0 Å². The molecule has 2 fully saturated rings. The molecular formula is C7H14ClN. The molecule has 0 amide bonds. The summed E-state index contributed by atoms with van der Waals surface area (Å²) in [7, 11) is 0. The Balaban J connectivity index is 0.000000405. The number of hydrogen-bond acceptors (Lipinski definition) is 1. The fraction of sp³-hybridized carbons (Fsp3) is 1.00. The first-order valence-corrected chi connectivity index (χ1v) is 3.56. The van der Waals surface area contributed by atoms with Crippen molar-refractivity contribution < 1.29 is 0 Å². The van der Waals surface area contributed by atoms with E-state index < -0.39 is 0 Å². The highest BCUT2D eigenvalue weighted by Crippen LogP contribution is 2.48. The molecule has 0 spiro atoms. The number of nitrogens with one attached hydrogen (secondary N) is 1. The van der Waals surface area contributed by atoms with Gasteiger partial charge in [-0.3, -0.25) is 0 Å². The Kier molecular flexibility index (Phi) is 1.75. The molecule has 0 unspecified atom stereocenters. The molecule has 0 radical (unpaired) electrons. The molecule has 9 heavy (non-hydrogen) atoms. The largest absolute Gasteiger partial charge is 0.311 e. The van der Waals surface area contributed by atoms with Crippen LogP contribution in [0.5, 0.6) is 0 Å². The van der Waals surface area contributed by atoms with Crippen molar-refractivity contribution in [3.05, 3.63) is 0 Å². The topological polar surface area (TPSA) is 12.0 Å². The van der Waals surface area contributed by atoms with Crippen LogP contribution in [0.15, 0.2) is 0 Å². The Hall–Kier alpha value is 0.250. The van der Waals surface area contributed by atoms with Crippen molar-refractivity contribution in [3.63, 3.8) is 0 Å². The fourth-order valence-corrected chi connectivity index (χ4v) is 1.81. The standard InChI is InChI=1S/C7H13N.ClH/c1-7-5-6(7)3-2-4-8-7;/h6,8H,2-5H2,1H3;1H/t6-,7+;/m0./s1. The van der Waals surface area contributed by atoms with E-state index in [1.165, 1.54) is 25.8 Å². The van der Waals surface area contributed by atoms with E-state index in [2.05, 4.69) is 12.2 Å². The van der Waals surface area contributed by atoms with Gasteiger partial charge in [-0.1, -0.05) is 0 Å². The lowest BCUT2D eigenvalue weighted by atomic mass is 10.1. The summed E-state index contributed by atoms with van der Waals surface area (Å²) in [5, 5.41) is 3.53. The van der Waals surface area contributed by atoms with Gasteiger partial charge >= 0.3 is 0 Å². The van der Waals surface area contributed by atoms with E-state index in [1.807, 2.05) is 0 Å². The summed E-state index contributed by atoms with van der Waals surface area (Å²) in [4.78, 5) is 0. The Morgan fingerprint density at radius 3 is 2.78 bits per heavy atom. The second kappa shape index (κ2) is 2.14. The Bertz CT molecular complexity index is 113. The Labute approximate surface area is 62.6 Å². The quantitative estimate of drug-likeness (QED) is 0.549. The van der Waals surface area contributed by atoms with Gasteiger partial charge in [-0.25, -0.2) is 0 Å². The predicted molar refractivity (Wildman–Crippen MR) is 41.0 cm³/mol. The van der Waals surface area contributed by atoms with Crippen LogP contribution in [0.25, 0.3) is 0 Å². The summed E-state index contributed by atoms with van der Waals surface area (Å²) < 4.78 is 0. The predicted octanol–water partition coefficient (Wildman–Crippen LogP) is 1.57. The number of fused-ring (bicyclic) bond motifs is 1. The summed E-state index contributed by atoms with van der Waals surface area (Å²) in [6.07, 6.45) is 4.32. The van der Waals surface area contributed by atoms with E-state index in [0.717, 1.165) is 5.92 Å². The highest BCUT2D eigenvalue weighted by atomic mass is 35.5. The van der Waals surface area contributed by atoms with Gasteiger partial charge in [0, 0.05) is 5.54 Å². The molecule has 2 rings (SSSR count). The Morgan fingerprint density at radius 1 is 1.56 bits per heavy atom. The summed E-state index contributed by atoms with van der Waals surface area (Å²) in [6.45, 7) is 3.60. The van der Waals surface area contributed by atoms with Crippen molar-refractivity contribution in [2.45, 2.75) is 31.7 Å². The van der Waals surface area contributed by atoms with Crippen LogP contribution in [0.3, 0.4) is 0 Å². The second-order valence-electron chi connectivity index (χ2n) is 3.39. The minimum Gasteiger partial charge on any atom is -0.311 e. The van der Waals surface area contributed by atoms with Gasteiger partial charge in [-0.15, -0.1) is 12.4 Å². The number of halogens is 1. The van der Waals surface area contributed by atoms with Crippen molar-refractivity contribution in [2.24, 2.45) is 5.92 Å². The molecule has 1 heterocycles. The van der Waals surface area contributed by atoms with Gasteiger partial charge in [0.05, 0.1) is 0 Å². The van der Waals surface area contributed by atoms with E-state index in [4.69, 9.17) is 0 Å². The maximum Gasteiger partial charge on any atom is 0.0185 e. The van der Waals surface area contributed by atoms with Crippen molar-refractivity contribution in [2.75, 3.05) is 6.54 Å². The van der Waals surface area contributed by atoms with Crippen LogP contribution in [-0.4, -0.2) is 12.1 Å². The zero-order valence-electron chi connectivity index (χ0n) is 5.81. The number of piperidine rings is 1. The van der Waals surface area contributed by atoms with Gasteiger partial charge in [0.15, 0.2) is 0 Å². The maximum atomic E-state index is 3.53. The maximum absolute atomic E-state index is 3.53. The van der Waals surface area contributed by atoms with Crippen molar-refractivity contribution in [1.82, 2.24) is 5.32 Å². The number of hydrogen-bond donors (Lipinski definition) is 1. The smallest absolute Gasteiger partial charge is 0.0185 e. The van der Waals surface area contributed by atoms with E-state index in [1.54, 1.807) is 0 Å². The molecule has 1 aliphatic carbocycles. The highest BCUT2D eigenvalue weighted by molar-refractivity contribution is 5.85.